The minimum atomic E-state index is -0.523. The van der Waals surface area contributed by atoms with Crippen molar-refractivity contribution in [3.63, 3.8) is 0 Å². The number of carbonyl (C=O) groups excluding carboxylic acids is 2. The number of Topliss-reactive ketones (excluding diaryl/α,β-unsaturated/α-hetero) is 1. The van der Waals surface area contributed by atoms with Gasteiger partial charge in [0.25, 0.3) is 0 Å². The first-order valence-electron chi connectivity index (χ1n) is 8.59. The van der Waals surface area contributed by atoms with Crippen molar-refractivity contribution in [3.8, 4) is 16.2 Å². The van der Waals surface area contributed by atoms with Crippen molar-refractivity contribution in [2.24, 2.45) is 0 Å². The highest BCUT2D eigenvalue weighted by molar-refractivity contribution is 7.17. The number of hydrogen-bond donors (Lipinski definition) is 1. The predicted octanol–water partition coefficient (Wildman–Crippen LogP) is 4.45. The van der Waals surface area contributed by atoms with Crippen molar-refractivity contribution >= 4 is 23.2 Å². The maximum atomic E-state index is 11.8. The monoisotopic (exact) mass is 373 g/mol. The lowest BCUT2D eigenvalue weighted by Gasteiger charge is -2.20. The zero-order chi connectivity index (χ0) is 18.9. The van der Waals surface area contributed by atoms with Gasteiger partial charge in [0.1, 0.15) is 17.5 Å². The molecule has 2 heterocycles. The number of ketones is 1. The summed E-state index contributed by atoms with van der Waals surface area (Å²) < 4.78 is 11.4. The van der Waals surface area contributed by atoms with Gasteiger partial charge < -0.3 is 14.8 Å². The van der Waals surface area contributed by atoms with Crippen molar-refractivity contribution in [1.82, 2.24) is 5.32 Å². The minimum Gasteiger partial charge on any atom is -0.487 e. The number of nitrogens with one attached hydrogen (secondary N) is 1. The summed E-state index contributed by atoms with van der Waals surface area (Å²) in [6, 6.07) is 9.82. The summed E-state index contributed by atoms with van der Waals surface area (Å²) >= 11 is 1.47. The normalized spacial score (nSPS) is 15.9. The lowest BCUT2D eigenvalue weighted by molar-refractivity contribution is 0.0506. The number of fused-ring (bicyclic) bond motifs is 1. The molecular formula is C20H23NO4S. The molecule has 0 spiro atoms. The summed E-state index contributed by atoms with van der Waals surface area (Å²) in [6.45, 7) is 7.44. The second kappa shape index (κ2) is 7.11. The molecule has 26 heavy (non-hydrogen) atoms. The van der Waals surface area contributed by atoms with Crippen molar-refractivity contribution in [2.75, 3.05) is 6.54 Å². The molecule has 0 fully saturated rings. The largest absolute Gasteiger partial charge is 0.487 e. The molecular weight excluding hydrogens is 350 g/mol. The Kier molecular flexibility index (Phi) is 5.05. The SMILES string of the molecule is CC(=O)c1ccc(-c2cccc3c2OC(CNC(=O)OC(C)(C)C)C3)s1. The quantitative estimate of drug-likeness (QED) is 0.805. The molecule has 1 amide bonds. The Morgan fingerprint density at radius 3 is 2.69 bits per heavy atom. The molecule has 0 bridgehead atoms. The molecule has 1 N–H and O–H groups in total. The number of hydrogen-bond acceptors (Lipinski definition) is 5. The molecule has 0 saturated carbocycles. The molecule has 5 nitrogen and oxygen atoms in total. The first-order valence-corrected chi connectivity index (χ1v) is 9.41. The molecule has 0 saturated heterocycles. The van der Waals surface area contributed by atoms with Gasteiger partial charge in [0.2, 0.25) is 0 Å². The first kappa shape index (κ1) is 18.5. The molecule has 2 aromatic rings. The molecule has 1 aliphatic rings. The molecule has 0 aliphatic carbocycles. The Bertz CT molecular complexity index is 835. The Hall–Kier alpha value is -2.34. The highest BCUT2D eigenvalue weighted by atomic mass is 32.1. The van der Waals surface area contributed by atoms with Crippen LogP contribution in [0.3, 0.4) is 0 Å². The topological polar surface area (TPSA) is 64.6 Å². The number of benzene rings is 1. The molecule has 1 atom stereocenters. The number of alkyl carbamates (subject to hydrolysis) is 1. The van der Waals surface area contributed by atoms with Crippen molar-refractivity contribution in [2.45, 2.75) is 45.8 Å². The third-order valence-electron chi connectivity index (χ3n) is 3.92. The second-order valence-corrected chi connectivity index (χ2v) is 8.42. The van der Waals surface area contributed by atoms with E-state index in [-0.39, 0.29) is 11.9 Å². The fourth-order valence-corrected chi connectivity index (χ4v) is 3.75. The van der Waals surface area contributed by atoms with Gasteiger partial charge >= 0.3 is 6.09 Å². The standard InChI is InChI=1S/C20H23NO4S/c1-12(22)16-8-9-17(26-16)15-7-5-6-13-10-14(24-18(13)15)11-21-19(23)25-20(2,3)4/h5-9,14H,10-11H2,1-4H3,(H,21,23). The van der Waals surface area contributed by atoms with E-state index in [1.807, 2.05) is 51.1 Å². The van der Waals surface area contributed by atoms with E-state index in [4.69, 9.17) is 9.47 Å². The second-order valence-electron chi connectivity index (χ2n) is 7.34. The number of rotatable bonds is 4. The molecule has 0 radical (unpaired) electrons. The predicted molar refractivity (Wildman–Crippen MR) is 102 cm³/mol. The lowest BCUT2D eigenvalue weighted by atomic mass is 10.1. The molecule has 3 rings (SSSR count). The van der Waals surface area contributed by atoms with E-state index in [0.29, 0.717) is 6.54 Å². The van der Waals surface area contributed by atoms with E-state index >= 15 is 0 Å². The van der Waals surface area contributed by atoms with Crippen LogP contribution in [-0.4, -0.2) is 30.1 Å². The van der Waals surface area contributed by atoms with Crippen LogP contribution in [0.5, 0.6) is 5.75 Å². The summed E-state index contributed by atoms with van der Waals surface area (Å²) in [6.07, 6.45) is 0.150. The van der Waals surface area contributed by atoms with Gasteiger partial charge in [-0.1, -0.05) is 12.1 Å². The van der Waals surface area contributed by atoms with Gasteiger partial charge in [-0.3, -0.25) is 4.79 Å². The first-order chi connectivity index (χ1) is 12.2. The maximum absolute atomic E-state index is 11.8. The smallest absolute Gasteiger partial charge is 0.407 e. The molecule has 1 aromatic heterocycles. The Morgan fingerprint density at radius 2 is 2.04 bits per heavy atom. The Labute approximate surface area is 157 Å². The van der Waals surface area contributed by atoms with Gasteiger partial charge in [-0.25, -0.2) is 4.79 Å². The van der Waals surface area contributed by atoms with Crippen LogP contribution in [0.25, 0.3) is 10.4 Å². The van der Waals surface area contributed by atoms with Crippen LogP contribution in [0.1, 0.15) is 42.9 Å². The van der Waals surface area contributed by atoms with Gasteiger partial charge in [0.15, 0.2) is 5.78 Å². The molecule has 1 unspecified atom stereocenters. The van der Waals surface area contributed by atoms with E-state index in [0.717, 1.165) is 33.1 Å². The van der Waals surface area contributed by atoms with E-state index in [1.54, 1.807) is 6.92 Å². The average Bonchev–Trinajstić information content (AvgIpc) is 3.17. The highest BCUT2D eigenvalue weighted by Gasteiger charge is 2.27. The minimum absolute atomic E-state index is 0.0641. The highest BCUT2D eigenvalue weighted by Crippen LogP contribution is 2.41. The fraction of sp³-hybridized carbons (Fsp3) is 0.400. The van der Waals surface area contributed by atoms with Crippen LogP contribution in [-0.2, 0) is 11.2 Å². The van der Waals surface area contributed by atoms with Crippen LogP contribution in [0, 0.1) is 0 Å². The summed E-state index contributed by atoms with van der Waals surface area (Å²) in [5.41, 5.74) is 1.57. The summed E-state index contributed by atoms with van der Waals surface area (Å²) in [4.78, 5) is 25.1. The number of carbonyl (C=O) groups is 2. The number of amides is 1. The molecule has 138 valence electrons. The van der Waals surface area contributed by atoms with Crippen LogP contribution in [0.15, 0.2) is 30.3 Å². The molecule has 1 aromatic carbocycles. The Balaban J connectivity index is 1.69. The van der Waals surface area contributed by atoms with Gasteiger partial charge in [-0.15, -0.1) is 11.3 Å². The van der Waals surface area contributed by atoms with E-state index in [2.05, 4.69) is 5.32 Å². The van der Waals surface area contributed by atoms with Gasteiger partial charge in [0.05, 0.1) is 11.4 Å². The van der Waals surface area contributed by atoms with Gasteiger partial charge in [-0.05, 0) is 51.5 Å². The van der Waals surface area contributed by atoms with Crippen LogP contribution >= 0.6 is 11.3 Å². The van der Waals surface area contributed by atoms with Gasteiger partial charge in [-0.2, -0.15) is 0 Å². The third kappa shape index (κ3) is 4.25. The van der Waals surface area contributed by atoms with Crippen LogP contribution in [0.2, 0.25) is 0 Å². The molecule has 6 heteroatoms. The van der Waals surface area contributed by atoms with Crippen molar-refractivity contribution < 1.29 is 19.1 Å². The van der Waals surface area contributed by atoms with Crippen LogP contribution in [0.4, 0.5) is 4.79 Å². The number of para-hydroxylation sites is 1. The number of thiophene rings is 1. The third-order valence-corrected chi connectivity index (χ3v) is 5.14. The zero-order valence-corrected chi connectivity index (χ0v) is 16.2. The van der Waals surface area contributed by atoms with Crippen molar-refractivity contribution in [1.29, 1.82) is 0 Å². The lowest BCUT2D eigenvalue weighted by Crippen LogP contribution is -2.38. The van der Waals surface area contributed by atoms with E-state index in [1.165, 1.54) is 11.3 Å². The molecule has 1 aliphatic heterocycles. The summed E-state index contributed by atoms with van der Waals surface area (Å²) in [5, 5.41) is 2.77. The summed E-state index contributed by atoms with van der Waals surface area (Å²) in [5.74, 6) is 0.898. The van der Waals surface area contributed by atoms with Crippen LogP contribution < -0.4 is 10.1 Å². The average molecular weight is 373 g/mol. The van der Waals surface area contributed by atoms with Gasteiger partial charge in [0, 0.05) is 16.9 Å². The van der Waals surface area contributed by atoms with E-state index in [9.17, 15) is 9.59 Å². The van der Waals surface area contributed by atoms with Crippen molar-refractivity contribution in [3.05, 3.63) is 40.8 Å². The van der Waals surface area contributed by atoms with E-state index < -0.39 is 11.7 Å². The Morgan fingerprint density at radius 1 is 1.27 bits per heavy atom. The zero-order valence-electron chi connectivity index (χ0n) is 15.4. The number of ether oxygens (including phenoxy) is 2. The fourth-order valence-electron chi connectivity index (χ4n) is 2.83. The summed E-state index contributed by atoms with van der Waals surface area (Å²) in [7, 11) is 0. The maximum Gasteiger partial charge on any atom is 0.407 e.